The van der Waals surface area contributed by atoms with Crippen molar-refractivity contribution in [2.24, 2.45) is 5.73 Å². The molecule has 3 aromatic heterocycles. The number of nitrogens with two attached hydrogens (primary N) is 1. The van der Waals surface area contributed by atoms with Gasteiger partial charge in [0.2, 0.25) is 5.78 Å². The Labute approximate surface area is 147 Å². The SMILES string of the molecule is NC(=O)C(=O)C(Cc1ccco1)NC(=O)c1n[nH]cc1-c1ccccn1. The van der Waals surface area contributed by atoms with E-state index in [0.29, 0.717) is 17.0 Å². The minimum absolute atomic E-state index is 0.0101. The summed E-state index contributed by atoms with van der Waals surface area (Å²) < 4.78 is 5.17. The molecule has 0 aliphatic heterocycles. The number of nitrogens with one attached hydrogen (secondary N) is 2. The fraction of sp³-hybridized carbons (Fsp3) is 0.118. The Kier molecular flexibility index (Phi) is 4.88. The van der Waals surface area contributed by atoms with Crippen molar-refractivity contribution in [3.63, 3.8) is 0 Å². The topological polar surface area (TPSA) is 144 Å². The quantitative estimate of drug-likeness (QED) is 0.526. The van der Waals surface area contributed by atoms with Gasteiger partial charge in [-0.05, 0) is 24.3 Å². The third kappa shape index (κ3) is 3.66. The Balaban J connectivity index is 1.83. The lowest BCUT2D eigenvalue weighted by Gasteiger charge is -2.14. The highest BCUT2D eigenvalue weighted by Crippen LogP contribution is 2.19. The first-order valence-corrected chi connectivity index (χ1v) is 7.68. The second kappa shape index (κ2) is 7.43. The number of aromatic nitrogens is 3. The summed E-state index contributed by atoms with van der Waals surface area (Å²) in [6.07, 6.45) is 4.52. The summed E-state index contributed by atoms with van der Waals surface area (Å²) in [4.78, 5) is 40.1. The van der Waals surface area contributed by atoms with Crippen molar-refractivity contribution < 1.29 is 18.8 Å². The first kappa shape index (κ1) is 17.1. The second-order valence-corrected chi connectivity index (χ2v) is 5.40. The van der Waals surface area contributed by atoms with E-state index < -0.39 is 23.6 Å². The Morgan fingerprint density at radius 2 is 2.08 bits per heavy atom. The van der Waals surface area contributed by atoms with E-state index in [-0.39, 0.29) is 12.1 Å². The molecule has 9 nitrogen and oxygen atoms in total. The molecule has 0 bridgehead atoms. The highest BCUT2D eigenvalue weighted by atomic mass is 16.3. The number of amides is 2. The van der Waals surface area contributed by atoms with Crippen LogP contribution in [-0.4, -0.2) is 38.8 Å². The number of hydrogen-bond donors (Lipinski definition) is 3. The number of Topliss-reactive ketones (excluding diaryl/α,β-unsaturated/α-hetero) is 1. The highest BCUT2D eigenvalue weighted by Gasteiger charge is 2.28. The van der Waals surface area contributed by atoms with Gasteiger partial charge in [0, 0.05) is 18.8 Å². The van der Waals surface area contributed by atoms with E-state index in [1.54, 1.807) is 36.5 Å². The van der Waals surface area contributed by atoms with Crippen LogP contribution in [0, 0.1) is 0 Å². The molecule has 0 saturated carbocycles. The zero-order valence-electron chi connectivity index (χ0n) is 13.5. The van der Waals surface area contributed by atoms with E-state index >= 15 is 0 Å². The summed E-state index contributed by atoms with van der Waals surface area (Å²) in [5, 5.41) is 9.01. The fourth-order valence-electron chi connectivity index (χ4n) is 2.42. The van der Waals surface area contributed by atoms with Crippen LogP contribution in [0.5, 0.6) is 0 Å². The predicted molar refractivity (Wildman–Crippen MR) is 89.7 cm³/mol. The van der Waals surface area contributed by atoms with Gasteiger partial charge in [0.1, 0.15) is 11.8 Å². The molecule has 3 aromatic rings. The molecule has 0 radical (unpaired) electrons. The first-order chi connectivity index (χ1) is 12.6. The average Bonchev–Trinajstić information content (AvgIpc) is 3.32. The summed E-state index contributed by atoms with van der Waals surface area (Å²) in [5.74, 6) is -2.28. The lowest BCUT2D eigenvalue weighted by molar-refractivity contribution is -0.137. The van der Waals surface area contributed by atoms with Crippen molar-refractivity contribution in [2.75, 3.05) is 0 Å². The van der Waals surface area contributed by atoms with Gasteiger partial charge in [-0.1, -0.05) is 6.07 Å². The van der Waals surface area contributed by atoms with Crippen LogP contribution >= 0.6 is 0 Å². The van der Waals surface area contributed by atoms with Crippen LogP contribution in [0.25, 0.3) is 11.3 Å². The van der Waals surface area contributed by atoms with Crippen molar-refractivity contribution in [2.45, 2.75) is 12.5 Å². The molecular formula is C17H15N5O4. The average molecular weight is 353 g/mol. The molecule has 3 heterocycles. The van der Waals surface area contributed by atoms with Crippen molar-refractivity contribution in [1.82, 2.24) is 20.5 Å². The lowest BCUT2D eigenvalue weighted by Crippen LogP contribution is -2.47. The van der Waals surface area contributed by atoms with Gasteiger partial charge in [-0.15, -0.1) is 0 Å². The van der Waals surface area contributed by atoms with Gasteiger partial charge in [0.05, 0.1) is 17.5 Å². The van der Waals surface area contributed by atoms with Crippen LogP contribution in [0.3, 0.4) is 0 Å². The Morgan fingerprint density at radius 1 is 1.23 bits per heavy atom. The predicted octanol–water partition coefficient (Wildman–Crippen LogP) is 0.460. The molecule has 132 valence electrons. The smallest absolute Gasteiger partial charge is 0.287 e. The molecule has 2 amide bonds. The lowest BCUT2D eigenvalue weighted by atomic mass is 10.1. The van der Waals surface area contributed by atoms with Crippen molar-refractivity contribution in [3.8, 4) is 11.3 Å². The summed E-state index contributed by atoms with van der Waals surface area (Å²) in [6, 6.07) is 7.33. The maximum atomic E-state index is 12.6. The van der Waals surface area contributed by atoms with Gasteiger partial charge < -0.3 is 15.5 Å². The van der Waals surface area contributed by atoms with E-state index in [2.05, 4.69) is 20.5 Å². The largest absolute Gasteiger partial charge is 0.469 e. The van der Waals surface area contributed by atoms with Crippen molar-refractivity contribution in [3.05, 3.63) is 60.4 Å². The Hall–Kier alpha value is -3.75. The second-order valence-electron chi connectivity index (χ2n) is 5.40. The van der Waals surface area contributed by atoms with E-state index in [1.807, 2.05) is 0 Å². The fourth-order valence-corrected chi connectivity index (χ4v) is 2.42. The normalized spacial score (nSPS) is 11.7. The number of carbonyl (C=O) groups is 3. The van der Waals surface area contributed by atoms with Gasteiger partial charge in [-0.2, -0.15) is 5.10 Å². The van der Waals surface area contributed by atoms with E-state index in [0.717, 1.165) is 0 Å². The van der Waals surface area contributed by atoms with Gasteiger partial charge in [-0.25, -0.2) is 0 Å². The minimum Gasteiger partial charge on any atom is -0.469 e. The highest BCUT2D eigenvalue weighted by molar-refractivity contribution is 6.38. The third-order valence-corrected chi connectivity index (χ3v) is 3.65. The van der Waals surface area contributed by atoms with Crippen molar-refractivity contribution in [1.29, 1.82) is 0 Å². The van der Waals surface area contributed by atoms with Crippen LogP contribution in [0.4, 0.5) is 0 Å². The summed E-state index contributed by atoms with van der Waals surface area (Å²) in [6.45, 7) is 0. The summed E-state index contributed by atoms with van der Waals surface area (Å²) >= 11 is 0. The minimum atomic E-state index is -1.17. The molecule has 4 N–H and O–H groups in total. The number of nitrogens with zero attached hydrogens (tertiary/aromatic N) is 2. The Bertz CT molecular complexity index is 918. The van der Waals surface area contributed by atoms with Gasteiger partial charge in [-0.3, -0.25) is 24.5 Å². The van der Waals surface area contributed by atoms with E-state index in [1.165, 1.54) is 12.5 Å². The monoisotopic (exact) mass is 353 g/mol. The number of primary amides is 1. The standard InChI is InChI=1S/C17H15N5O4/c18-16(24)15(23)13(8-10-4-3-7-26-10)21-17(25)14-11(9-20-22-14)12-5-1-2-6-19-12/h1-7,9,13H,8H2,(H2,18,24)(H,20,22)(H,21,25). The third-order valence-electron chi connectivity index (χ3n) is 3.65. The van der Waals surface area contributed by atoms with Gasteiger partial charge >= 0.3 is 0 Å². The number of furan rings is 1. The van der Waals surface area contributed by atoms with Crippen molar-refractivity contribution >= 4 is 17.6 Å². The number of hydrogen-bond acceptors (Lipinski definition) is 6. The number of rotatable bonds is 7. The number of H-pyrrole nitrogens is 1. The molecule has 0 spiro atoms. The molecule has 0 saturated heterocycles. The first-order valence-electron chi connectivity index (χ1n) is 7.68. The molecule has 0 aromatic carbocycles. The van der Waals surface area contributed by atoms with Crippen LogP contribution < -0.4 is 11.1 Å². The van der Waals surface area contributed by atoms with Crippen LogP contribution in [0.15, 0.2) is 53.4 Å². The zero-order valence-corrected chi connectivity index (χ0v) is 13.5. The number of aromatic amines is 1. The zero-order chi connectivity index (χ0) is 18.5. The van der Waals surface area contributed by atoms with Gasteiger partial charge in [0.25, 0.3) is 11.8 Å². The summed E-state index contributed by atoms with van der Waals surface area (Å²) in [7, 11) is 0. The molecular weight excluding hydrogens is 338 g/mol. The van der Waals surface area contributed by atoms with Crippen LogP contribution in [0.2, 0.25) is 0 Å². The molecule has 3 rings (SSSR count). The number of carbonyl (C=O) groups excluding carboxylic acids is 3. The molecule has 0 aliphatic rings. The molecule has 0 aliphatic carbocycles. The molecule has 0 fully saturated rings. The van der Waals surface area contributed by atoms with Crippen LogP contribution in [-0.2, 0) is 16.0 Å². The molecule has 1 atom stereocenters. The maximum Gasteiger partial charge on any atom is 0.287 e. The van der Waals surface area contributed by atoms with Crippen LogP contribution in [0.1, 0.15) is 16.2 Å². The molecule has 1 unspecified atom stereocenters. The summed E-state index contributed by atoms with van der Waals surface area (Å²) in [5.41, 5.74) is 6.13. The van der Waals surface area contributed by atoms with Gasteiger partial charge in [0.15, 0.2) is 5.69 Å². The van der Waals surface area contributed by atoms with E-state index in [9.17, 15) is 14.4 Å². The number of pyridine rings is 1. The number of ketones is 1. The molecule has 9 heteroatoms. The maximum absolute atomic E-state index is 12.6. The Morgan fingerprint density at radius 3 is 2.73 bits per heavy atom. The molecule has 26 heavy (non-hydrogen) atoms. The van der Waals surface area contributed by atoms with E-state index in [4.69, 9.17) is 10.2 Å².